The first-order chi connectivity index (χ1) is 26.2. The number of benzene rings is 7. The lowest BCUT2D eigenvalue weighted by Gasteiger charge is -2.10. The van der Waals surface area contributed by atoms with Crippen LogP contribution in [0, 0.1) is 0 Å². The molecule has 0 saturated carbocycles. The molecule has 0 unspecified atom stereocenters. The van der Waals surface area contributed by atoms with Gasteiger partial charge in [-0.15, -0.1) is 11.3 Å². The number of hydrogen-bond acceptors (Lipinski definition) is 5. The smallest absolute Gasteiger partial charge is 0.235 e. The van der Waals surface area contributed by atoms with E-state index in [1.165, 1.54) is 15.6 Å². The van der Waals surface area contributed by atoms with Gasteiger partial charge >= 0.3 is 0 Å². The van der Waals surface area contributed by atoms with Gasteiger partial charge in [0.05, 0.1) is 34.1 Å². The molecular formula is C47H27N3O2S. The molecule has 0 saturated heterocycles. The maximum Gasteiger partial charge on any atom is 0.235 e. The fourth-order valence-electron chi connectivity index (χ4n) is 8.53. The molecule has 0 spiro atoms. The summed E-state index contributed by atoms with van der Waals surface area (Å²) in [6.07, 6.45) is 0. The summed E-state index contributed by atoms with van der Waals surface area (Å²) in [5.41, 5.74) is 11.8. The first kappa shape index (κ1) is 28.9. The normalized spacial score (nSPS) is 12.2. The van der Waals surface area contributed by atoms with Gasteiger partial charge in [-0.25, -0.2) is 9.97 Å². The molecule has 0 fully saturated rings. The zero-order valence-electron chi connectivity index (χ0n) is 28.4. The van der Waals surface area contributed by atoms with Gasteiger partial charge in [-0.05, 0) is 65.2 Å². The summed E-state index contributed by atoms with van der Waals surface area (Å²) in [5.74, 6) is 2.47. The van der Waals surface area contributed by atoms with Gasteiger partial charge in [0.25, 0.3) is 0 Å². The van der Waals surface area contributed by atoms with E-state index in [0.29, 0.717) is 5.95 Å². The zero-order valence-corrected chi connectivity index (χ0v) is 29.2. The molecule has 0 amide bonds. The van der Waals surface area contributed by atoms with Crippen LogP contribution < -0.4 is 4.74 Å². The van der Waals surface area contributed by atoms with Crippen molar-refractivity contribution < 1.29 is 9.15 Å². The third-order valence-electron chi connectivity index (χ3n) is 10.9. The van der Waals surface area contributed by atoms with E-state index in [1.807, 2.05) is 12.1 Å². The Bertz CT molecular complexity index is 3340. The molecule has 6 heteroatoms. The Morgan fingerprint density at radius 1 is 0.585 bits per heavy atom. The Hall–Kier alpha value is -6.76. The van der Waals surface area contributed by atoms with E-state index in [2.05, 4.69) is 138 Å². The predicted octanol–water partition coefficient (Wildman–Crippen LogP) is 12.8. The van der Waals surface area contributed by atoms with Crippen LogP contribution in [0.1, 0.15) is 0 Å². The van der Waals surface area contributed by atoms with Crippen molar-refractivity contribution in [3.05, 3.63) is 146 Å². The first-order valence-corrected chi connectivity index (χ1v) is 18.5. The Morgan fingerprint density at radius 2 is 1.34 bits per heavy atom. The molecule has 0 bridgehead atoms. The Kier molecular flexibility index (Phi) is 5.80. The molecule has 53 heavy (non-hydrogen) atoms. The molecule has 5 nitrogen and oxygen atoms in total. The second-order valence-corrected chi connectivity index (χ2v) is 14.7. The minimum atomic E-state index is 0.666. The minimum absolute atomic E-state index is 0.666. The molecule has 11 aromatic rings. The van der Waals surface area contributed by atoms with Crippen molar-refractivity contribution in [2.24, 2.45) is 0 Å². The maximum absolute atomic E-state index is 6.56. The molecule has 1 aliphatic carbocycles. The van der Waals surface area contributed by atoms with E-state index in [4.69, 9.17) is 19.1 Å². The molecular weight excluding hydrogens is 671 g/mol. The Labute approximate surface area is 307 Å². The van der Waals surface area contributed by atoms with Crippen LogP contribution in [0.15, 0.2) is 150 Å². The van der Waals surface area contributed by atoms with E-state index in [9.17, 15) is 0 Å². The molecule has 1 aliphatic rings. The van der Waals surface area contributed by atoms with Crippen molar-refractivity contribution in [3.63, 3.8) is 0 Å². The Balaban J connectivity index is 1.06. The quantitative estimate of drug-likeness (QED) is 0.184. The van der Waals surface area contributed by atoms with Crippen LogP contribution in [0.4, 0.5) is 0 Å². The molecule has 7 aromatic carbocycles. The summed E-state index contributed by atoms with van der Waals surface area (Å²) in [6.45, 7) is 0. The Morgan fingerprint density at radius 3 is 2.23 bits per heavy atom. The van der Waals surface area contributed by atoms with Gasteiger partial charge in [-0.3, -0.25) is 4.57 Å². The van der Waals surface area contributed by atoms with Crippen LogP contribution >= 0.6 is 11.3 Å². The van der Waals surface area contributed by atoms with Gasteiger partial charge in [0, 0.05) is 53.7 Å². The summed E-state index contributed by atoms with van der Waals surface area (Å²) in [7, 11) is 1.73. The molecule has 0 atom stereocenters. The maximum atomic E-state index is 6.56. The second-order valence-electron chi connectivity index (χ2n) is 13.7. The van der Waals surface area contributed by atoms with Crippen LogP contribution in [0.2, 0.25) is 0 Å². The SMILES string of the molecule is COc1ccc2c3c(cccc13)-c1c-2oc2ccc(-c3ccc4c(c3)c3ccccc3n4-c3nc(-c4ccccc4)c4sc5ccccc5c4n3)cc12. The number of rotatable bonds is 4. The highest BCUT2D eigenvalue weighted by molar-refractivity contribution is 7.26. The third-order valence-corrected chi connectivity index (χ3v) is 12.1. The summed E-state index contributed by atoms with van der Waals surface area (Å²) in [4.78, 5) is 10.7. The summed E-state index contributed by atoms with van der Waals surface area (Å²) < 4.78 is 16.8. The number of para-hydroxylation sites is 1. The lowest BCUT2D eigenvalue weighted by Crippen LogP contribution is -2.02. The molecule has 12 rings (SSSR count). The van der Waals surface area contributed by atoms with Crippen molar-refractivity contribution in [1.82, 2.24) is 14.5 Å². The average molecular weight is 698 g/mol. The van der Waals surface area contributed by atoms with Gasteiger partial charge in [0.2, 0.25) is 5.95 Å². The van der Waals surface area contributed by atoms with E-state index in [-0.39, 0.29) is 0 Å². The monoisotopic (exact) mass is 697 g/mol. The first-order valence-electron chi connectivity index (χ1n) is 17.7. The fourth-order valence-corrected chi connectivity index (χ4v) is 9.68. The predicted molar refractivity (Wildman–Crippen MR) is 218 cm³/mol. The lowest BCUT2D eigenvalue weighted by atomic mass is 9.98. The molecule has 248 valence electrons. The molecule has 4 aromatic heterocycles. The van der Waals surface area contributed by atoms with Crippen LogP contribution in [0.5, 0.6) is 5.75 Å². The molecule has 0 aliphatic heterocycles. The van der Waals surface area contributed by atoms with Gasteiger partial charge in [0.1, 0.15) is 17.1 Å². The molecule has 0 radical (unpaired) electrons. The molecule has 0 N–H and O–H groups in total. The van der Waals surface area contributed by atoms with Crippen molar-refractivity contribution >= 4 is 75.2 Å². The van der Waals surface area contributed by atoms with Gasteiger partial charge in [-0.1, -0.05) is 97.1 Å². The number of aromatic nitrogens is 3. The minimum Gasteiger partial charge on any atom is -0.496 e. The third kappa shape index (κ3) is 3.96. The van der Waals surface area contributed by atoms with E-state index in [1.54, 1.807) is 18.4 Å². The van der Waals surface area contributed by atoms with Gasteiger partial charge in [-0.2, -0.15) is 0 Å². The van der Waals surface area contributed by atoms with E-state index >= 15 is 0 Å². The standard InChI is InChI=1S/C47H27N3O2S/c1-51-38-23-20-33-41-30(38)14-9-15-32(41)42-35-25-28(19-22-39(35)52-45(33)42)27-18-21-37-34(24-27)29-12-5-7-16-36(29)50(37)47-48-43(26-10-3-2-4-11-26)46-44(49-47)31-13-6-8-17-40(31)53-46/h2-25H,1H3. The average Bonchev–Trinajstić information content (AvgIpc) is 3.96. The second kappa shape index (κ2) is 10.6. The van der Waals surface area contributed by atoms with Crippen molar-refractivity contribution in [3.8, 4) is 56.5 Å². The highest BCUT2D eigenvalue weighted by Gasteiger charge is 2.29. The lowest BCUT2D eigenvalue weighted by molar-refractivity contribution is 0.420. The van der Waals surface area contributed by atoms with Crippen molar-refractivity contribution in [1.29, 1.82) is 0 Å². The number of methoxy groups -OCH3 is 1. The van der Waals surface area contributed by atoms with E-state index < -0.39 is 0 Å². The van der Waals surface area contributed by atoms with Gasteiger partial charge < -0.3 is 9.15 Å². The summed E-state index contributed by atoms with van der Waals surface area (Å²) in [5, 5.41) is 6.86. The van der Waals surface area contributed by atoms with Crippen LogP contribution in [-0.4, -0.2) is 21.6 Å². The molecule has 4 heterocycles. The zero-order chi connectivity index (χ0) is 34.8. The van der Waals surface area contributed by atoms with Crippen molar-refractivity contribution in [2.75, 3.05) is 7.11 Å². The summed E-state index contributed by atoms with van der Waals surface area (Å²) >= 11 is 1.75. The number of ether oxygens (including phenoxy) is 1. The summed E-state index contributed by atoms with van der Waals surface area (Å²) in [6, 6.07) is 51.5. The highest BCUT2D eigenvalue weighted by atomic mass is 32.1. The van der Waals surface area contributed by atoms with Crippen LogP contribution in [0.3, 0.4) is 0 Å². The van der Waals surface area contributed by atoms with Crippen LogP contribution in [0.25, 0.3) is 115 Å². The van der Waals surface area contributed by atoms with Crippen LogP contribution in [-0.2, 0) is 0 Å². The highest BCUT2D eigenvalue weighted by Crippen LogP contribution is 2.53. The number of thiophene rings is 1. The van der Waals surface area contributed by atoms with E-state index in [0.717, 1.165) is 98.8 Å². The number of furan rings is 1. The topological polar surface area (TPSA) is 53.1 Å². The largest absolute Gasteiger partial charge is 0.496 e. The number of fused-ring (bicyclic) bond motifs is 11. The fraction of sp³-hybridized carbons (Fsp3) is 0.0213. The number of nitrogens with zero attached hydrogens (tertiary/aromatic N) is 3. The number of hydrogen-bond donors (Lipinski definition) is 0. The van der Waals surface area contributed by atoms with Crippen molar-refractivity contribution in [2.45, 2.75) is 0 Å². The van der Waals surface area contributed by atoms with Gasteiger partial charge in [0.15, 0.2) is 0 Å².